The molecule has 1 aliphatic rings. The lowest BCUT2D eigenvalue weighted by Crippen LogP contribution is -2.32. The van der Waals surface area contributed by atoms with Crippen molar-refractivity contribution in [2.75, 3.05) is 11.9 Å². The van der Waals surface area contributed by atoms with Crippen molar-refractivity contribution in [3.63, 3.8) is 0 Å². The summed E-state index contributed by atoms with van der Waals surface area (Å²) in [5.74, 6) is 0.892. The third-order valence-corrected chi connectivity index (χ3v) is 4.29. The van der Waals surface area contributed by atoms with Gasteiger partial charge in [-0.2, -0.15) is 0 Å². The van der Waals surface area contributed by atoms with Crippen LogP contribution < -0.4 is 10.6 Å². The molecule has 2 rings (SSSR count). The fourth-order valence-electron chi connectivity index (χ4n) is 2.57. The largest absolute Gasteiger partial charge is 0.371 e. The zero-order chi connectivity index (χ0) is 13.1. The van der Waals surface area contributed by atoms with Gasteiger partial charge in [-0.1, -0.05) is 25.1 Å². The van der Waals surface area contributed by atoms with Gasteiger partial charge in [-0.05, 0) is 50.2 Å². The summed E-state index contributed by atoms with van der Waals surface area (Å²) >= 11 is 0. The molecule has 2 unspecified atom stereocenters. The van der Waals surface area contributed by atoms with Crippen LogP contribution in [0.1, 0.15) is 38.7 Å². The van der Waals surface area contributed by atoms with Crippen molar-refractivity contribution >= 4 is 5.69 Å². The van der Waals surface area contributed by atoms with E-state index in [9.17, 15) is 0 Å². The topological polar surface area (TPSA) is 29.3 Å². The summed E-state index contributed by atoms with van der Waals surface area (Å²) in [6.07, 6.45) is 4.80. The maximum Gasteiger partial charge on any atom is 0.0399 e. The predicted molar refractivity (Wildman–Crippen MR) is 79.0 cm³/mol. The molecule has 1 saturated carbocycles. The van der Waals surface area contributed by atoms with Gasteiger partial charge < -0.3 is 10.6 Å². The molecule has 0 aromatic heterocycles. The van der Waals surface area contributed by atoms with Gasteiger partial charge in [-0.25, -0.2) is 0 Å². The van der Waals surface area contributed by atoms with Crippen LogP contribution in [0.2, 0.25) is 0 Å². The van der Waals surface area contributed by atoms with Gasteiger partial charge in [-0.15, -0.1) is 0 Å². The van der Waals surface area contributed by atoms with E-state index in [2.05, 4.69) is 50.1 Å². The molecule has 100 valence electrons. The molecular formula is C16H26N2. The van der Waals surface area contributed by atoms with Crippen LogP contribution >= 0.6 is 0 Å². The molecule has 0 bridgehead atoms. The lowest BCUT2D eigenvalue weighted by Gasteiger charge is -2.29. The van der Waals surface area contributed by atoms with Gasteiger partial charge in [0.05, 0.1) is 0 Å². The average molecular weight is 246 g/mol. The van der Waals surface area contributed by atoms with E-state index in [1.54, 1.807) is 0 Å². The van der Waals surface area contributed by atoms with Crippen LogP contribution in [0.4, 0.5) is 5.69 Å². The van der Waals surface area contributed by atoms with Gasteiger partial charge >= 0.3 is 0 Å². The Morgan fingerprint density at radius 3 is 2.61 bits per heavy atom. The Morgan fingerprint density at radius 2 is 2.00 bits per heavy atom. The average Bonchev–Trinajstić information content (AvgIpc) is 3.22. The normalized spacial score (nSPS) is 18.4. The van der Waals surface area contributed by atoms with E-state index < -0.39 is 0 Å². The molecule has 1 aromatic carbocycles. The smallest absolute Gasteiger partial charge is 0.0399 e. The molecule has 18 heavy (non-hydrogen) atoms. The molecule has 1 fully saturated rings. The first-order valence-corrected chi connectivity index (χ1v) is 7.19. The fraction of sp³-hybridized carbons (Fsp3) is 0.625. The van der Waals surface area contributed by atoms with Crippen LogP contribution in [-0.4, -0.2) is 19.1 Å². The number of rotatable bonds is 6. The van der Waals surface area contributed by atoms with Crippen molar-refractivity contribution in [1.29, 1.82) is 0 Å². The quantitative estimate of drug-likeness (QED) is 0.835. The van der Waals surface area contributed by atoms with Crippen molar-refractivity contribution in [1.82, 2.24) is 0 Å². The first-order chi connectivity index (χ1) is 8.63. The highest BCUT2D eigenvalue weighted by Gasteiger charge is 2.31. The summed E-state index contributed by atoms with van der Waals surface area (Å²) in [5, 5.41) is 0. The molecule has 0 amide bonds. The predicted octanol–water partition coefficient (Wildman–Crippen LogP) is 3.20. The summed E-state index contributed by atoms with van der Waals surface area (Å²) in [6, 6.07) is 9.63. The number of anilines is 1. The molecule has 2 N–H and O–H groups in total. The zero-order valence-corrected chi connectivity index (χ0v) is 11.9. The van der Waals surface area contributed by atoms with E-state index in [-0.39, 0.29) is 6.04 Å². The summed E-state index contributed by atoms with van der Waals surface area (Å²) in [6.45, 7) is 4.50. The monoisotopic (exact) mass is 246 g/mol. The molecule has 1 aromatic rings. The van der Waals surface area contributed by atoms with Crippen LogP contribution in [0.5, 0.6) is 0 Å². The van der Waals surface area contributed by atoms with Crippen molar-refractivity contribution < 1.29 is 0 Å². The number of hydrogen-bond donors (Lipinski definition) is 1. The molecule has 0 heterocycles. The summed E-state index contributed by atoms with van der Waals surface area (Å²) in [5.41, 5.74) is 8.86. The Bertz CT molecular complexity index is 384. The van der Waals surface area contributed by atoms with Gasteiger partial charge in [0.15, 0.2) is 0 Å². The van der Waals surface area contributed by atoms with Crippen molar-refractivity contribution in [3.8, 4) is 0 Å². The summed E-state index contributed by atoms with van der Waals surface area (Å²) in [4.78, 5) is 2.44. The van der Waals surface area contributed by atoms with E-state index in [1.165, 1.54) is 24.1 Å². The summed E-state index contributed by atoms with van der Waals surface area (Å²) in [7, 11) is 2.22. The zero-order valence-electron chi connectivity index (χ0n) is 11.9. The fourth-order valence-corrected chi connectivity index (χ4v) is 2.57. The van der Waals surface area contributed by atoms with Gasteiger partial charge in [0.2, 0.25) is 0 Å². The second-order valence-electron chi connectivity index (χ2n) is 5.69. The van der Waals surface area contributed by atoms with Crippen LogP contribution in [-0.2, 0) is 6.42 Å². The van der Waals surface area contributed by atoms with Crippen molar-refractivity contribution in [2.24, 2.45) is 11.7 Å². The minimum Gasteiger partial charge on any atom is -0.371 e. The molecule has 0 saturated heterocycles. The second kappa shape index (κ2) is 5.75. The van der Waals surface area contributed by atoms with Crippen LogP contribution in [0.25, 0.3) is 0 Å². The van der Waals surface area contributed by atoms with E-state index in [1.807, 2.05) is 0 Å². The highest BCUT2D eigenvalue weighted by Crippen LogP contribution is 2.37. The minimum atomic E-state index is 0.274. The minimum absolute atomic E-state index is 0.274. The second-order valence-corrected chi connectivity index (χ2v) is 5.69. The maximum atomic E-state index is 6.10. The van der Waals surface area contributed by atoms with Gasteiger partial charge in [0.25, 0.3) is 0 Å². The standard InChI is InChI=1S/C16H26N2/c1-4-15(17)11-14-7-5-6-8-16(14)18(3)12(2)13-9-10-13/h5-8,12-13,15H,4,9-11,17H2,1-3H3. The molecule has 1 aliphatic carbocycles. The van der Waals surface area contributed by atoms with Gasteiger partial charge in [-0.3, -0.25) is 0 Å². The lowest BCUT2D eigenvalue weighted by molar-refractivity contribution is 0.601. The number of para-hydroxylation sites is 1. The highest BCUT2D eigenvalue weighted by molar-refractivity contribution is 5.54. The van der Waals surface area contributed by atoms with Gasteiger partial charge in [0, 0.05) is 24.8 Å². The van der Waals surface area contributed by atoms with Gasteiger partial charge in [0.1, 0.15) is 0 Å². The molecule has 0 aliphatic heterocycles. The maximum absolute atomic E-state index is 6.10. The van der Waals surface area contributed by atoms with E-state index >= 15 is 0 Å². The SMILES string of the molecule is CCC(N)Cc1ccccc1N(C)C(C)C1CC1. The Hall–Kier alpha value is -1.02. The van der Waals surface area contributed by atoms with Crippen LogP contribution in [0, 0.1) is 5.92 Å². The lowest BCUT2D eigenvalue weighted by atomic mass is 10.0. The highest BCUT2D eigenvalue weighted by atomic mass is 15.1. The molecule has 0 spiro atoms. The Morgan fingerprint density at radius 1 is 1.33 bits per heavy atom. The number of hydrogen-bond acceptors (Lipinski definition) is 2. The molecular weight excluding hydrogens is 220 g/mol. The van der Waals surface area contributed by atoms with Crippen molar-refractivity contribution in [3.05, 3.63) is 29.8 Å². The Labute approximate surface area is 111 Å². The summed E-state index contributed by atoms with van der Waals surface area (Å²) < 4.78 is 0. The first-order valence-electron chi connectivity index (χ1n) is 7.19. The molecule has 2 nitrogen and oxygen atoms in total. The van der Waals surface area contributed by atoms with Crippen LogP contribution in [0.15, 0.2) is 24.3 Å². The molecule has 2 atom stereocenters. The first kappa shape index (κ1) is 13.4. The number of nitrogens with two attached hydrogens (primary N) is 1. The Balaban J connectivity index is 2.15. The van der Waals surface area contributed by atoms with E-state index in [0.717, 1.165) is 18.8 Å². The van der Waals surface area contributed by atoms with Crippen LogP contribution in [0.3, 0.4) is 0 Å². The van der Waals surface area contributed by atoms with Crippen molar-refractivity contribution in [2.45, 2.75) is 51.6 Å². The Kier molecular flexibility index (Phi) is 4.28. The third kappa shape index (κ3) is 3.05. The molecule has 2 heteroatoms. The third-order valence-electron chi connectivity index (χ3n) is 4.29. The number of nitrogens with zero attached hydrogens (tertiary/aromatic N) is 1. The number of benzene rings is 1. The van der Waals surface area contributed by atoms with E-state index in [4.69, 9.17) is 5.73 Å². The molecule has 0 radical (unpaired) electrons. The van der Waals surface area contributed by atoms with E-state index in [0.29, 0.717) is 6.04 Å².